The lowest BCUT2D eigenvalue weighted by atomic mass is 9.82. The summed E-state index contributed by atoms with van der Waals surface area (Å²) in [5.41, 5.74) is 14.7. The number of benzene rings is 7. The zero-order valence-corrected chi connectivity index (χ0v) is 26.6. The van der Waals surface area contributed by atoms with Gasteiger partial charge in [0.2, 0.25) is 0 Å². The Hall–Kier alpha value is -5.86. The van der Waals surface area contributed by atoms with E-state index in [1.165, 1.54) is 55.2 Å². The van der Waals surface area contributed by atoms with Crippen LogP contribution in [0.4, 0.5) is 17.1 Å². The third kappa shape index (κ3) is 4.33. The summed E-state index contributed by atoms with van der Waals surface area (Å²) < 4.78 is 2.38. The summed E-state index contributed by atoms with van der Waals surface area (Å²) in [4.78, 5) is 2.40. The van der Waals surface area contributed by atoms with Gasteiger partial charge in [-0.05, 0) is 94.0 Å². The van der Waals surface area contributed by atoms with Gasteiger partial charge in [0.25, 0.3) is 0 Å². The first-order chi connectivity index (χ1) is 23.1. The lowest BCUT2D eigenvalue weighted by Gasteiger charge is -2.28. The maximum Gasteiger partial charge on any atom is 0.0541 e. The third-order valence-corrected chi connectivity index (χ3v) is 9.98. The molecule has 0 spiro atoms. The molecular weight excluding hydrogens is 569 g/mol. The normalized spacial score (nSPS) is 13.1. The van der Waals surface area contributed by atoms with Crippen LogP contribution in [0.1, 0.15) is 25.0 Å². The van der Waals surface area contributed by atoms with E-state index < -0.39 is 0 Å². The fourth-order valence-electron chi connectivity index (χ4n) is 7.70. The summed E-state index contributed by atoms with van der Waals surface area (Å²) in [6, 6.07) is 61.8. The van der Waals surface area contributed by atoms with E-state index in [2.05, 4.69) is 193 Å². The minimum Gasteiger partial charge on any atom is -0.310 e. The van der Waals surface area contributed by atoms with Crippen LogP contribution in [0.2, 0.25) is 0 Å². The van der Waals surface area contributed by atoms with Crippen LogP contribution in [0, 0.1) is 0 Å². The van der Waals surface area contributed by atoms with Crippen LogP contribution in [0.3, 0.4) is 0 Å². The van der Waals surface area contributed by atoms with Crippen molar-refractivity contribution in [3.05, 3.63) is 181 Å². The number of anilines is 3. The van der Waals surface area contributed by atoms with Gasteiger partial charge in [-0.15, -0.1) is 0 Å². The first kappa shape index (κ1) is 27.5. The summed E-state index contributed by atoms with van der Waals surface area (Å²) in [5.74, 6) is 0. The Morgan fingerprint density at radius 3 is 1.74 bits per heavy atom. The summed E-state index contributed by atoms with van der Waals surface area (Å²) in [6.07, 6.45) is 0. The van der Waals surface area contributed by atoms with Crippen LogP contribution in [0.25, 0.3) is 49.7 Å². The van der Waals surface area contributed by atoms with E-state index in [1.54, 1.807) is 0 Å². The van der Waals surface area contributed by atoms with E-state index in [-0.39, 0.29) is 5.41 Å². The van der Waals surface area contributed by atoms with E-state index in [9.17, 15) is 0 Å². The second-order valence-electron chi connectivity index (χ2n) is 13.0. The second-order valence-corrected chi connectivity index (χ2v) is 13.0. The fraction of sp³-hybridized carbons (Fsp3) is 0.0667. The average molecular weight is 603 g/mol. The number of rotatable bonds is 5. The van der Waals surface area contributed by atoms with Gasteiger partial charge in [0.1, 0.15) is 0 Å². The molecule has 1 aromatic heterocycles. The topological polar surface area (TPSA) is 8.17 Å². The molecule has 0 N–H and O–H groups in total. The van der Waals surface area contributed by atoms with Crippen molar-refractivity contribution in [2.75, 3.05) is 4.90 Å². The summed E-state index contributed by atoms with van der Waals surface area (Å²) in [6.45, 7) is 4.68. The molecule has 1 aliphatic carbocycles. The van der Waals surface area contributed by atoms with Crippen LogP contribution in [0.15, 0.2) is 170 Å². The lowest BCUT2D eigenvalue weighted by molar-refractivity contribution is 0.660. The minimum atomic E-state index is -0.0352. The standard InChI is InChI=1S/C45H34N2/c1-45(2)41-20-9-6-17-37(41)40-30-36(27-28-42(40)45)46(35-16-12-15-32(29-35)31-13-4-3-5-14-31)33-23-25-34(26-24-33)47-43-21-10-7-18-38(43)39-19-8-11-22-44(39)47/h3-30H,1-2H3. The second kappa shape index (κ2) is 10.6. The molecule has 0 radical (unpaired) electrons. The molecule has 2 heteroatoms. The molecule has 0 amide bonds. The molecule has 0 saturated heterocycles. The lowest BCUT2D eigenvalue weighted by Crippen LogP contribution is -2.15. The van der Waals surface area contributed by atoms with Crippen molar-refractivity contribution in [2.45, 2.75) is 19.3 Å². The van der Waals surface area contributed by atoms with Crippen molar-refractivity contribution in [1.82, 2.24) is 4.57 Å². The Morgan fingerprint density at radius 1 is 0.426 bits per heavy atom. The van der Waals surface area contributed by atoms with Crippen molar-refractivity contribution < 1.29 is 0 Å². The zero-order valence-electron chi connectivity index (χ0n) is 26.6. The Morgan fingerprint density at radius 2 is 1.00 bits per heavy atom. The maximum absolute atomic E-state index is 2.40. The monoisotopic (exact) mass is 602 g/mol. The Balaban J connectivity index is 1.21. The van der Waals surface area contributed by atoms with Crippen LogP contribution in [-0.2, 0) is 5.41 Å². The number of nitrogens with zero attached hydrogens (tertiary/aromatic N) is 2. The largest absolute Gasteiger partial charge is 0.310 e. The Labute approximate surface area is 275 Å². The SMILES string of the molecule is CC1(C)c2ccccc2-c2cc(N(c3ccc(-n4c5ccccc5c5ccccc54)cc3)c3cccc(-c4ccccc4)c3)ccc21. The van der Waals surface area contributed by atoms with E-state index in [1.807, 2.05) is 0 Å². The molecule has 0 fully saturated rings. The highest BCUT2D eigenvalue weighted by atomic mass is 15.1. The van der Waals surface area contributed by atoms with Gasteiger partial charge in [-0.1, -0.05) is 123 Å². The molecule has 1 aliphatic rings. The number of para-hydroxylation sites is 2. The number of fused-ring (bicyclic) bond motifs is 6. The zero-order chi connectivity index (χ0) is 31.5. The Bertz CT molecular complexity index is 2380. The summed E-state index contributed by atoms with van der Waals surface area (Å²) in [7, 11) is 0. The number of hydrogen-bond donors (Lipinski definition) is 0. The minimum absolute atomic E-state index is 0.0352. The van der Waals surface area contributed by atoms with Crippen molar-refractivity contribution >= 4 is 38.9 Å². The molecule has 0 atom stereocenters. The molecule has 0 aliphatic heterocycles. The molecule has 2 nitrogen and oxygen atoms in total. The molecule has 0 saturated carbocycles. The van der Waals surface area contributed by atoms with E-state index in [4.69, 9.17) is 0 Å². The third-order valence-electron chi connectivity index (χ3n) is 9.98. The molecule has 47 heavy (non-hydrogen) atoms. The van der Waals surface area contributed by atoms with Crippen molar-refractivity contribution in [2.24, 2.45) is 0 Å². The maximum atomic E-state index is 2.40. The molecule has 7 aromatic carbocycles. The number of aromatic nitrogens is 1. The van der Waals surface area contributed by atoms with Crippen molar-refractivity contribution in [3.63, 3.8) is 0 Å². The van der Waals surface area contributed by atoms with Crippen LogP contribution >= 0.6 is 0 Å². The molecule has 224 valence electrons. The van der Waals surface area contributed by atoms with Crippen molar-refractivity contribution in [1.29, 1.82) is 0 Å². The molecule has 8 aromatic rings. The van der Waals surface area contributed by atoms with Gasteiger partial charge in [0.15, 0.2) is 0 Å². The van der Waals surface area contributed by atoms with E-state index in [0.717, 1.165) is 22.7 Å². The van der Waals surface area contributed by atoms with Gasteiger partial charge in [-0.2, -0.15) is 0 Å². The van der Waals surface area contributed by atoms with Crippen molar-refractivity contribution in [3.8, 4) is 27.9 Å². The van der Waals surface area contributed by atoms with Crippen LogP contribution in [-0.4, -0.2) is 4.57 Å². The first-order valence-corrected chi connectivity index (χ1v) is 16.4. The predicted octanol–water partition coefficient (Wildman–Crippen LogP) is 12.2. The Kier molecular flexibility index (Phi) is 6.20. The molecule has 1 heterocycles. The highest BCUT2D eigenvalue weighted by Crippen LogP contribution is 2.50. The number of hydrogen-bond acceptors (Lipinski definition) is 1. The summed E-state index contributed by atoms with van der Waals surface area (Å²) >= 11 is 0. The van der Waals surface area contributed by atoms with Gasteiger partial charge >= 0.3 is 0 Å². The molecule has 9 rings (SSSR count). The molecule has 0 bridgehead atoms. The highest BCUT2D eigenvalue weighted by Gasteiger charge is 2.35. The summed E-state index contributed by atoms with van der Waals surface area (Å²) in [5, 5.41) is 2.54. The van der Waals surface area contributed by atoms with Gasteiger partial charge < -0.3 is 9.47 Å². The highest BCUT2D eigenvalue weighted by molar-refractivity contribution is 6.09. The van der Waals surface area contributed by atoms with Crippen LogP contribution in [0.5, 0.6) is 0 Å². The molecule has 0 unspecified atom stereocenters. The first-order valence-electron chi connectivity index (χ1n) is 16.4. The van der Waals surface area contributed by atoms with Gasteiger partial charge in [0, 0.05) is 38.9 Å². The van der Waals surface area contributed by atoms with Crippen LogP contribution < -0.4 is 4.90 Å². The van der Waals surface area contributed by atoms with Gasteiger partial charge in [-0.3, -0.25) is 0 Å². The average Bonchev–Trinajstić information content (AvgIpc) is 3.58. The van der Waals surface area contributed by atoms with E-state index >= 15 is 0 Å². The van der Waals surface area contributed by atoms with Gasteiger partial charge in [0.05, 0.1) is 11.0 Å². The molecular formula is C45H34N2. The fourth-order valence-corrected chi connectivity index (χ4v) is 7.70. The quantitative estimate of drug-likeness (QED) is 0.190. The predicted molar refractivity (Wildman–Crippen MR) is 198 cm³/mol. The van der Waals surface area contributed by atoms with E-state index in [0.29, 0.717) is 0 Å². The smallest absolute Gasteiger partial charge is 0.0541 e. The van der Waals surface area contributed by atoms with Gasteiger partial charge in [-0.25, -0.2) is 0 Å².